The van der Waals surface area contributed by atoms with Crippen LogP contribution in [-0.2, 0) is 6.61 Å². The fraction of sp³-hybridized carbons (Fsp3) is 0.0645. The quantitative estimate of drug-likeness (QED) is 0.199. The molecule has 0 N–H and O–H groups in total. The van der Waals surface area contributed by atoms with Crippen molar-refractivity contribution in [2.24, 2.45) is 5.10 Å². The lowest BCUT2D eigenvalue weighted by Gasteiger charge is -2.11. The van der Waals surface area contributed by atoms with Crippen molar-refractivity contribution in [1.82, 2.24) is 9.66 Å². The van der Waals surface area contributed by atoms with Crippen LogP contribution in [-0.4, -0.2) is 15.9 Å². The minimum absolute atomic E-state index is 0.292. The molecule has 0 saturated carbocycles. The first-order chi connectivity index (χ1) is 18.5. The van der Waals surface area contributed by atoms with E-state index in [1.54, 1.807) is 12.3 Å². The molecule has 6 rings (SSSR count). The van der Waals surface area contributed by atoms with Gasteiger partial charge >= 0.3 is 0 Å². The van der Waals surface area contributed by atoms with Gasteiger partial charge in [-0.25, -0.2) is 4.98 Å². The third kappa shape index (κ3) is 4.76. The Morgan fingerprint density at radius 2 is 1.76 bits per heavy atom. The van der Waals surface area contributed by atoms with Crippen LogP contribution in [0.5, 0.6) is 5.75 Å². The SMILES string of the molecule is Cc1ccc(COc2ccc(Br)cc2C=Nn2c(-c3cc4ccccc4o3)nc3ccccc3c2=O)cc1. The number of hydrogen-bond donors (Lipinski definition) is 0. The highest BCUT2D eigenvalue weighted by atomic mass is 79.9. The van der Waals surface area contributed by atoms with Crippen molar-refractivity contribution < 1.29 is 9.15 Å². The van der Waals surface area contributed by atoms with Crippen LogP contribution in [0.25, 0.3) is 33.5 Å². The average molecular weight is 564 g/mol. The maximum absolute atomic E-state index is 13.6. The minimum Gasteiger partial charge on any atom is -0.488 e. The Morgan fingerprint density at radius 1 is 0.974 bits per heavy atom. The molecule has 0 aliphatic carbocycles. The zero-order chi connectivity index (χ0) is 26.1. The summed E-state index contributed by atoms with van der Waals surface area (Å²) in [6, 6.07) is 30.6. The summed E-state index contributed by atoms with van der Waals surface area (Å²) in [6.45, 7) is 2.46. The summed E-state index contributed by atoms with van der Waals surface area (Å²) < 4.78 is 14.3. The molecule has 0 atom stereocenters. The summed E-state index contributed by atoms with van der Waals surface area (Å²) in [5.41, 5.74) is 3.95. The minimum atomic E-state index is -0.292. The van der Waals surface area contributed by atoms with Crippen molar-refractivity contribution in [3.8, 4) is 17.3 Å². The Labute approximate surface area is 227 Å². The Kier molecular flexibility index (Phi) is 6.35. The molecule has 7 heteroatoms. The van der Waals surface area contributed by atoms with Crippen molar-refractivity contribution in [2.75, 3.05) is 0 Å². The molecule has 0 radical (unpaired) electrons. The number of nitrogens with zero attached hydrogens (tertiary/aromatic N) is 3. The van der Waals surface area contributed by atoms with Gasteiger partial charge in [-0.3, -0.25) is 4.79 Å². The number of halogens is 1. The molecule has 0 aliphatic heterocycles. The third-order valence-corrected chi connectivity index (χ3v) is 6.69. The van der Waals surface area contributed by atoms with E-state index in [0.29, 0.717) is 46.0 Å². The van der Waals surface area contributed by atoms with Gasteiger partial charge in [-0.1, -0.05) is 76.1 Å². The number of hydrogen-bond acceptors (Lipinski definition) is 5. The van der Waals surface area contributed by atoms with Gasteiger partial charge < -0.3 is 9.15 Å². The second-order valence-electron chi connectivity index (χ2n) is 8.92. The predicted octanol–water partition coefficient (Wildman–Crippen LogP) is 7.34. The Hall–Kier alpha value is -4.49. The van der Waals surface area contributed by atoms with Crippen molar-refractivity contribution in [3.63, 3.8) is 0 Å². The first-order valence-corrected chi connectivity index (χ1v) is 12.9. The summed E-state index contributed by atoms with van der Waals surface area (Å²) in [7, 11) is 0. The van der Waals surface area contributed by atoms with Crippen LogP contribution >= 0.6 is 15.9 Å². The number of fused-ring (bicyclic) bond motifs is 2. The van der Waals surface area contributed by atoms with Gasteiger partial charge in [0.05, 0.1) is 17.1 Å². The van der Waals surface area contributed by atoms with Crippen LogP contribution < -0.4 is 10.3 Å². The summed E-state index contributed by atoms with van der Waals surface area (Å²) >= 11 is 3.53. The number of benzene rings is 4. The molecule has 6 aromatic rings. The Balaban J connectivity index is 1.43. The van der Waals surface area contributed by atoms with E-state index in [2.05, 4.69) is 40.1 Å². The van der Waals surface area contributed by atoms with Crippen LogP contribution in [0.3, 0.4) is 0 Å². The second kappa shape index (κ2) is 10.1. The van der Waals surface area contributed by atoms with Crippen molar-refractivity contribution in [3.05, 3.63) is 129 Å². The largest absolute Gasteiger partial charge is 0.488 e. The molecule has 0 aliphatic rings. The molecule has 186 valence electrons. The molecule has 4 aromatic carbocycles. The fourth-order valence-electron chi connectivity index (χ4n) is 4.20. The molecule has 0 bridgehead atoms. The van der Waals surface area contributed by atoms with Crippen molar-refractivity contribution in [2.45, 2.75) is 13.5 Å². The first-order valence-electron chi connectivity index (χ1n) is 12.1. The van der Waals surface area contributed by atoms with E-state index in [1.807, 2.05) is 78.9 Å². The maximum Gasteiger partial charge on any atom is 0.282 e. The van der Waals surface area contributed by atoms with E-state index in [-0.39, 0.29) is 5.56 Å². The second-order valence-corrected chi connectivity index (χ2v) is 9.83. The maximum atomic E-state index is 13.6. The van der Waals surface area contributed by atoms with E-state index >= 15 is 0 Å². The van der Waals surface area contributed by atoms with Gasteiger partial charge in [0.15, 0.2) is 5.76 Å². The molecule has 0 amide bonds. The summed E-state index contributed by atoms with van der Waals surface area (Å²) in [4.78, 5) is 18.3. The van der Waals surface area contributed by atoms with E-state index in [4.69, 9.17) is 14.1 Å². The molecule has 0 spiro atoms. The molecule has 6 nitrogen and oxygen atoms in total. The Morgan fingerprint density at radius 3 is 2.61 bits per heavy atom. The van der Waals surface area contributed by atoms with Gasteiger partial charge in [0.1, 0.15) is 17.9 Å². The number of furan rings is 1. The molecule has 0 unspecified atom stereocenters. The highest BCUT2D eigenvalue weighted by Gasteiger charge is 2.16. The summed E-state index contributed by atoms with van der Waals surface area (Å²) in [5, 5.41) is 5.98. The summed E-state index contributed by atoms with van der Waals surface area (Å²) in [5.74, 6) is 1.42. The topological polar surface area (TPSA) is 69.6 Å². The lowest BCUT2D eigenvalue weighted by molar-refractivity contribution is 0.305. The normalized spacial score (nSPS) is 11.5. The molecule has 38 heavy (non-hydrogen) atoms. The molecular weight excluding hydrogens is 542 g/mol. The number of rotatable bonds is 6. The number of ether oxygens (including phenoxy) is 1. The van der Waals surface area contributed by atoms with Crippen molar-refractivity contribution in [1.29, 1.82) is 0 Å². The smallest absolute Gasteiger partial charge is 0.282 e. The highest BCUT2D eigenvalue weighted by molar-refractivity contribution is 9.10. The van der Waals surface area contributed by atoms with Crippen LogP contribution in [0, 0.1) is 6.92 Å². The number of para-hydroxylation sites is 2. The van der Waals surface area contributed by atoms with Crippen LogP contribution in [0.2, 0.25) is 0 Å². The van der Waals surface area contributed by atoms with Gasteiger partial charge in [0.25, 0.3) is 5.56 Å². The first kappa shape index (κ1) is 23.9. The van der Waals surface area contributed by atoms with Gasteiger partial charge in [-0.05, 0) is 55.0 Å². The standard InChI is InChI=1S/C31H22BrN3O3/c1-20-10-12-21(13-11-20)19-37-27-15-14-24(32)16-23(27)18-33-35-30(29-17-22-6-2-5-9-28(22)38-29)34-26-8-4-3-7-25(26)31(35)36/h2-18H,19H2,1H3. The summed E-state index contributed by atoms with van der Waals surface area (Å²) in [6.07, 6.45) is 1.61. The lowest BCUT2D eigenvalue weighted by Crippen LogP contribution is -2.20. The third-order valence-electron chi connectivity index (χ3n) is 6.20. The molecule has 0 fully saturated rings. The van der Waals surface area contributed by atoms with Crippen molar-refractivity contribution >= 4 is 44.0 Å². The highest BCUT2D eigenvalue weighted by Crippen LogP contribution is 2.28. The van der Waals surface area contributed by atoms with Crippen LogP contribution in [0.4, 0.5) is 0 Å². The zero-order valence-electron chi connectivity index (χ0n) is 20.5. The zero-order valence-corrected chi connectivity index (χ0v) is 22.1. The van der Waals surface area contributed by atoms with Crippen LogP contribution in [0.15, 0.2) is 116 Å². The van der Waals surface area contributed by atoms with Gasteiger partial charge in [0.2, 0.25) is 5.82 Å². The average Bonchev–Trinajstić information content (AvgIpc) is 3.37. The van der Waals surface area contributed by atoms with E-state index < -0.39 is 0 Å². The van der Waals surface area contributed by atoms with E-state index in [0.717, 1.165) is 15.4 Å². The predicted molar refractivity (Wildman–Crippen MR) is 154 cm³/mol. The van der Waals surface area contributed by atoms with Crippen LogP contribution in [0.1, 0.15) is 16.7 Å². The molecular formula is C31H22BrN3O3. The number of aryl methyl sites for hydroxylation is 1. The molecule has 2 heterocycles. The fourth-order valence-corrected chi connectivity index (χ4v) is 4.58. The Bertz CT molecular complexity index is 1840. The monoisotopic (exact) mass is 563 g/mol. The molecule has 2 aromatic heterocycles. The number of aromatic nitrogens is 2. The van der Waals surface area contributed by atoms with Gasteiger partial charge in [0, 0.05) is 15.4 Å². The lowest BCUT2D eigenvalue weighted by atomic mass is 10.1. The van der Waals surface area contributed by atoms with E-state index in [1.165, 1.54) is 10.2 Å². The molecule has 0 saturated heterocycles. The van der Waals surface area contributed by atoms with Gasteiger partial charge in [-0.2, -0.15) is 9.78 Å². The van der Waals surface area contributed by atoms with Gasteiger partial charge in [-0.15, -0.1) is 0 Å². The van der Waals surface area contributed by atoms with E-state index in [9.17, 15) is 4.79 Å².